The van der Waals surface area contributed by atoms with Gasteiger partial charge < -0.3 is 15.0 Å². The van der Waals surface area contributed by atoms with Crippen molar-refractivity contribution in [1.29, 1.82) is 0 Å². The molecule has 1 aromatic heterocycles. The molecular weight excluding hydrogens is 296 g/mol. The van der Waals surface area contributed by atoms with Crippen molar-refractivity contribution in [1.82, 2.24) is 14.3 Å². The zero-order valence-electron chi connectivity index (χ0n) is 12.9. The van der Waals surface area contributed by atoms with E-state index in [1.807, 2.05) is 0 Å². The molecule has 0 amide bonds. The highest BCUT2D eigenvalue weighted by molar-refractivity contribution is 7.88. The molecule has 9 heteroatoms. The highest BCUT2D eigenvalue weighted by atomic mass is 32.2. The van der Waals surface area contributed by atoms with Crippen LogP contribution >= 0.6 is 0 Å². The van der Waals surface area contributed by atoms with E-state index in [4.69, 9.17) is 10.5 Å². The summed E-state index contributed by atoms with van der Waals surface area (Å²) in [5.74, 6) is 0.0824. The van der Waals surface area contributed by atoms with E-state index in [1.165, 1.54) is 0 Å². The molecule has 1 aromatic rings. The number of rotatable bonds is 6. The van der Waals surface area contributed by atoms with Crippen molar-refractivity contribution in [2.75, 3.05) is 18.6 Å². The predicted molar refractivity (Wildman–Crippen MR) is 79.4 cm³/mol. The number of nitrogens with two attached hydrogens (primary N) is 1. The van der Waals surface area contributed by atoms with E-state index in [1.54, 1.807) is 32.3 Å². The van der Waals surface area contributed by atoms with Crippen LogP contribution in [0.2, 0.25) is 0 Å². The van der Waals surface area contributed by atoms with Crippen molar-refractivity contribution in [2.24, 2.45) is 0 Å². The van der Waals surface area contributed by atoms with Crippen molar-refractivity contribution in [3.8, 4) is 0 Å². The number of ether oxygens (including phenoxy) is 1. The Hall–Kier alpha value is -1.61. The topological polar surface area (TPSA) is 116 Å². The maximum Gasteiger partial charge on any atom is 0.360 e. The smallest absolute Gasteiger partial charge is 0.360 e. The van der Waals surface area contributed by atoms with Crippen molar-refractivity contribution in [2.45, 2.75) is 39.8 Å². The second-order valence-electron chi connectivity index (χ2n) is 5.46. The lowest BCUT2D eigenvalue weighted by molar-refractivity contribution is 0.0521. The molecular formula is C12H22N4O4S. The number of aromatic nitrogens is 2. The molecule has 0 saturated carbocycles. The lowest BCUT2D eigenvalue weighted by Crippen LogP contribution is -2.46. The number of nitrogen functional groups attached to an aromatic ring is 1. The normalized spacial score (nSPS) is 12.4. The molecule has 1 rings (SSSR count). The van der Waals surface area contributed by atoms with Crippen LogP contribution in [0.25, 0.3) is 0 Å². The van der Waals surface area contributed by atoms with E-state index in [2.05, 4.69) is 9.71 Å². The predicted octanol–water partition coefficient (Wildman–Crippen LogP) is 0.278. The van der Waals surface area contributed by atoms with E-state index in [0.717, 1.165) is 6.26 Å². The highest BCUT2D eigenvalue weighted by Gasteiger charge is 2.27. The highest BCUT2D eigenvalue weighted by Crippen LogP contribution is 2.19. The van der Waals surface area contributed by atoms with Gasteiger partial charge in [0.2, 0.25) is 10.0 Å². The Morgan fingerprint density at radius 1 is 1.48 bits per heavy atom. The summed E-state index contributed by atoms with van der Waals surface area (Å²) in [6.45, 7) is 7.29. The molecule has 0 aliphatic carbocycles. The van der Waals surface area contributed by atoms with Gasteiger partial charge in [-0.3, -0.25) is 0 Å². The molecule has 8 nitrogen and oxygen atoms in total. The van der Waals surface area contributed by atoms with E-state index in [-0.39, 0.29) is 24.7 Å². The van der Waals surface area contributed by atoms with Gasteiger partial charge in [0.1, 0.15) is 11.6 Å². The zero-order chi connectivity index (χ0) is 16.4. The molecule has 0 fully saturated rings. The van der Waals surface area contributed by atoms with Crippen molar-refractivity contribution in [3.05, 3.63) is 11.5 Å². The number of esters is 1. The van der Waals surface area contributed by atoms with Gasteiger partial charge in [-0.15, -0.1) is 0 Å². The first-order valence-electron chi connectivity index (χ1n) is 6.45. The monoisotopic (exact) mass is 318 g/mol. The van der Waals surface area contributed by atoms with Gasteiger partial charge in [-0.1, -0.05) is 0 Å². The van der Waals surface area contributed by atoms with Crippen LogP contribution < -0.4 is 10.5 Å². The summed E-state index contributed by atoms with van der Waals surface area (Å²) in [4.78, 5) is 15.8. The lowest BCUT2D eigenvalue weighted by atomic mass is 10.1. The van der Waals surface area contributed by atoms with Gasteiger partial charge in [-0.25, -0.2) is 22.9 Å². The third kappa shape index (κ3) is 4.71. The first kappa shape index (κ1) is 17.4. The number of aryl methyl sites for hydroxylation is 1. The lowest BCUT2D eigenvalue weighted by Gasteiger charge is -2.26. The number of nitrogens with zero attached hydrogens (tertiary/aromatic N) is 2. The molecule has 0 aromatic carbocycles. The van der Waals surface area contributed by atoms with Crippen molar-refractivity contribution < 1.29 is 17.9 Å². The molecule has 3 N–H and O–H groups in total. The van der Waals surface area contributed by atoms with Gasteiger partial charge in [-0.2, -0.15) is 0 Å². The van der Waals surface area contributed by atoms with Gasteiger partial charge in [0, 0.05) is 12.1 Å². The minimum atomic E-state index is -3.36. The quantitative estimate of drug-likeness (QED) is 0.728. The van der Waals surface area contributed by atoms with Crippen LogP contribution in [-0.4, -0.2) is 42.3 Å². The first-order valence-corrected chi connectivity index (χ1v) is 8.34. The largest absolute Gasteiger partial charge is 0.461 e. The number of hydrogen-bond donors (Lipinski definition) is 2. The van der Waals surface area contributed by atoms with Crippen LogP contribution in [0, 0.1) is 6.92 Å². The number of sulfonamides is 1. The fourth-order valence-electron chi connectivity index (χ4n) is 2.06. The number of imidazole rings is 1. The van der Waals surface area contributed by atoms with Crippen molar-refractivity contribution in [3.63, 3.8) is 0 Å². The SMILES string of the molecule is CCOC(=O)c1nc(C)n(CC(C)(C)NS(C)(=O)=O)c1N. The fraction of sp³-hybridized carbons (Fsp3) is 0.667. The molecule has 0 radical (unpaired) electrons. The summed E-state index contributed by atoms with van der Waals surface area (Å²) < 4.78 is 31.7. The molecule has 0 spiro atoms. The molecule has 0 aliphatic heterocycles. The summed E-state index contributed by atoms with van der Waals surface area (Å²) in [5.41, 5.74) is 5.20. The van der Waals surface area contributed by atoms with E-state index in [9.17, 15) is 13.2 Å². The Kier molecular flexibility index (Phi) is 5.00. The second kappa shape index (κ2) is 6.02. The Labute approximate surface area is 124 Å². The molecule has 0 aliphatic rings. The van der Waals surface area contributed by atoms with Crippen LogP contribution in [0.15, 0.2) is 0 Å². The fourth-order valence-corrected chi connectivity index (χ4v) is 3.13. The second-order valence-corrected chi connectivity index (χ2v) is 7.21. The van der Waals surface area contributed by atoms with Crippen LogP contribution in [-0.2, 0) is 21.3 Å². The third-order valence-electron chi connectivity index (χ3n) is 2.68. The summed E-state index contributed by atoms with van der Waals surface area (Å²) in [7, 11) is -3.36. The van der Waals surface area contributed by atoms with E-state index < -0.39 is 21.5 Å². The third-order valence-corrected chi connectivity index (χ3v) is 3.60. The van der Waals surface area contributed by atoms with Crippen LogP contribution in [0.1, 0.15) is 37.1 Å². The number of anilines is 1. The van der Waals surface area contributed by atoms with Crippen LogP contribution in [0.3, 0.4) is 0 Å². The number of nitrogens with one attached hydrogen (secondary N) is 1. The van der Waals surface area contributed by atoms with Gasteiger partial charge in [-0.05, 0) is 27.7 Å². The van der Waals surface area contributed by atoms with Gasteiger partial charge in [0.15, 0.2) is 5.69 Å². The molecule has 21 heavy (non-hydrogen) atoms. The molecule has 0 atom stereocenters. The van der Waals surface area contributed by atoms with Crippen molar-refractivity contribution >= 4 is 21.8 Å². The minimum Gasteiger partial charge on any atom is -0.461 e. The summed E-state index contributed by atoms with van der Waals surface area (Å²) in [6, 6.07) is 0. The number of carbonyl (C=O) groups is 1. The van der Waals surface area contributed by atoms with Gasteiger partial charge in [0.05, 0.1) is 12.9 Å². The maximum atomic E-state index is 11.7. The Bertz CT molecular complexity index is 634. The average Bonchev–Trinajstić information content (AvgIpc) is 2.53. The van der Waals surface area contributed by atoms with Gasteiger partial charge >= 0.3 is 5.97 Å². The molecule has 1 heterocycles. The summed E-state index contributed by atoms with van der Waals surface area (Å²) in [5, 5.41) is 0. The zero-order valence-corrected chi connectivity index (χ0v) is 13.7. The van der Waals surface area contributed by atoms with E-state index >= 15 is 0 Å². The molecule has 0 bridgehead atoms. The Morgan fingerprint density at radius 3 is 2.52 bits per heavy atom. The molecule has 0 unspecified atom stereocenters. The van der Waals surface area contributed by atoms with Gasteiger partial charge in [0.25, 0.3) is 0 Å². The minimum absolute atomic E-state index is 0.0458. The first-order chi connectivity index (χ1) is 9.47. The van der Waals surface area contributed by atoms with Crippen LogP contribution in [0.4, 0.5) is 5.82 Å². The number of carbonyl (C=O) groups excluding carboxylic acids is 1. The molecule has 120 valence electrons. The summed E-state index contributed by atoms with van der Waals surface area (Å²) in [6.07, 6.45) is 1.09. The maximum absolute atomic E-state index is 11.7. The summed E-state index contributed by atoms with van der Waals surface area (Å²) >= 11 is 0. The standard InChI is InChI=1S/C12H22N4O4S/c1-6-20-11(17)9-10(13)16(8(2)14-9)7-12(3,4)15-21(5,18)19/h15H,6-7,13H2,1-5H3. The Balaban J connectivity index is 3.07. The van der Waals surface area contributed by atoms with E-state index in [0.29, 0.717) is 5.82 Å². The van der Waals surface area contributed by atoms with Crippen LogP contribution in [0.5, 0.6) is 0 Å². The Morgan fingerprint density at radius 2 is 2.05 bits per heavy atom. The number of hydrogen-bond acceptors (Lipinski definition) is 6. The average molecular weight is 318 g/mol. The molecule has 0 saturated heterocycles.